The number of carboxylic acids is 1. The topological polar surface area (TPSA) is 77.2 Å². The van der Waals surface area contributed by atoms with Crippen molar-refractivity contribution in [3.05, 3.63) is 23.8 Å². The fraction of sp³-hybridized carbons (Fsp3) is 0.462. The van der Waals surface area contributed by atoms with Crippen molar-refractivity contribution < 1.29 is 14.6 Å². The van der Waals surface area contributed by atoms with E-state index in [0.29, 0.717) is 30.3 Å². The summed E-state index contributed by atoms with van der Waals surface area (Å²) in [4.78, 5) is 11.2. The number of fused-ring (bicyclic) bond motifs is 1. The molecule has 0 saturated heterocycles. The molecule has 100 valence electrons. The lowest BCUT2D eigenvalue weighted by Crippen LogP contribution is -2.23. The van der Waals surface area contributed by atoms with Crippen LogP contribution in [-0.2, 0) is 11.3 Å². The Hall–Kier alpha value is -1.95. The van der Waals surface area contributed by atoms with Gasteiger partial charge >= 0.3 is 5.97 Å². The summed E-state index contributed by atoms with van der Waals surface area (Å²) in [7, 11) is 0. The zero-order valence-electron chi connectivity index (χ0n) is 10.5. The Morgan fingerprint density at radius 2 is 2.32 bits per heavy atom. The number of rotatable bonds is 5. The highest BCUT2D eigenvalue weighted by molar-refractivity contribution is 6.00. The number of carboxylic acid groups (broad SMARTS) is 1. The molecule has 0 aliphatic heterocycles. The average Bonchev–Trinajstić information content (AvgIpc) is 2.75. The van der Waals surface area contributed by atoms with E-state index in [-0.39, 0.29) is 5.56 Å². The number of aromatic carboxylic acids is 1. The summed E-state index contributed by atoms with van der Waals surface area (Å²) in [6.45, 7) is 1.06. The molecule has 0 radical (unpaired) electrons. The second kappa shape index (κ2) is 4.97. The Morgan fingerprint density at radius 1 is 1.47 bits per heavy atom. The number of carbonyl (C=O) groups is 1. The molecule has 6 heteroatoms. The van der Waals surface area contributed by atoms with Gasteiger partial charge in [0.25, 0.3) is 0 Å². The molecule has 0 atom stereocenters. The van der Waals surface area contributed by atoms with Gasteiger partial charge in [-0.25, -0.2) is 9.48 Å². The monoisotopic (exact) mass is 261 g/mol. The molecule has 1 aliphatic carbocycles. The van der Waals surface area contributed by atoms with Crippen molar-refractivity contribution in [2.24, 2.45) is 0 Å². The first-order valence-electron chi connectivity index (χ1n) is 6.43. The number of benzene rings is 1. The van der Waals surface area contributed by atoms with E-state index in [1.807, 2.05) is 0 Å². The minimum absolute atomic E-state index is 0.228. The van der Waals surface area contributed by atoms with E-state index in [4.69, 9.17) is 4.74 Å². The zero-order chi connectivity index (χ0) is 13.2. The van der Waals surface area contributed by atoms with Crippen molar-refractivity contribution in [2.45, 2.75) is 31.9 Å². The molecule has 1 aliphatic rings. The van der Waals surface area contributed by atoms with Crippen LogP contribution in [-0.4, -0.2) is 38.8 Å². The molecule has 1 aromatic carbocycles. The SMILES string of the molecule is O=C(O)c1cccc2nnn(CCOC3CCC3)c12. The maximum absolute atomic E-state index is 11.2. The van der Waals surface area contributed by atoms with Crippen molar-refractivity contribution in [2.75, 3.05) is 6.61 Å². The van der Waals surface area contributed by atoms with Crippen LogP contribution in [0.1, 0.15) is 29.6 Å². The summed E-state index contributed by atoms with van der Waals surface area (Å²) in [5.74, 6) is -0.964. The highest BCUT2D eigenvalue weighted by atomic mass is 16.5. The highest BCUT2D eigenvalue weighted by Crippen LogP contribution is 2.22. The van der Waals surface area contributed by atoms with Gasteiger partial charge in [-0.1, -0.05) is 11.3 Å². The van der Waals surface area contributed by atoms with Crippen LogP contribution in [0.4, 0.5) is 0 Å². The highest BCUT2D eigenvalue weighted by Gasteiger charge is 2.18. The molecular formula is C13H15N3O3. The van der Waals surface area contributed by atoms with E-state index in [1.54, 1.807) is 22.9 Å². The van der Waals surface area contributed by atoms with Gasteiger partial charge in [0.1, 0.15) is 11.0 Å². The maximum Gasteiger partial charge on any atom is 0.337 e. The van der Waals surface area contributed by atoms with Crippen LogP contribution >= 0.6 is 0 Å². The fourth-order valence-corrected chi connectivity index (χ4v) is 2.20. The molecule has 0 spiro atoms. The molecule has 2 aromatic rings. The lowest BCUT2D eigenvalue weighted by molar-refractivity contribution is -0.00214. The van der Waals surface area contributed by atoms with Crippen LogP contribution in [0.15, 0.2) is 18.2 Å². The molecule has 19 heavy (non-hydrogen) atoms. The zero-order valence-corrected chi connectivity index (χ0v) is 10.5. The van der Waals surface area contributed by atoms with E-state index in [2.05, 4.69) is 10.3 Å². The molecule has 0 amide bonds. The first-order chi connectivity index (χ1) is 9.25. The summed E-state index contributed by atoms with van der Waals surface area (Å²) in [5.41, 5.74) is 1.39. The van der Waals surface area contributed by atoms with Gasteiger partial charge in [0, 0.05) is 0 Å². The van der Waals surface area contributed by atoms with Crippen molar-refractivity contribution >= 4 is 17.0 Å². The van der Waals surface area contributed by atoms with Gasteiger partial charge in [-0.15, -0.1) is 5.10 Å². The number of ether oxygens (including phenoxy) is 1. The third kappa shape index (κ3) is 2.31. The second-order valence-electron chi connectivity index (χ2n) is 4.71. The van der Waals surface area contributed by atoms with Gasteiger partial charge in [-0.2, -0.15) is 0 Å². The number of hydrogen-bond donors (Lipinski definition) is 1. The summed E-state index contributed by atoms with van der Waals surface area (Å²) < 4.78 is 7.27. The Kier molecular flexibility index (Phi) is 3.16. The predicted octanol–water partition coefficient (Wildman–Crippen LogP) is 1.70. The standard InChI is InChI=1S/C13H15N3O3/c17-13(18)10-5-2-6-11-12(10)16(15-14-11)7-8-19-9-3-1-4-9/h2,5-6,9H,1,3-4,7-8H2,(H,17,18). The lowest BCUT2D eigenvalue weighted by atomic mass is 9.96. The fourth-order valence-electron chi connectivity index (χ4n) is 2.20. The molecule has 0 unspecified atom stereocenters. The van der Waals surface area contributed by atoms with Crippen molar-refractivity contribution in [3.8, 4) is 0 Å². The van der Waals surface area contributed by atoms with Crippen LogP contribution in [0.25, 0.3) is 11.0 Å². The van der Waals surface area contributed by atoms with Crippen LogP contribution in [0.2, 0.25) is 0 Å². The molecule has 1 heterocycles. The normalized spacial score (nSPS) is 15.6. The van der Waals surface area contributed by atoms with Crippen molar-refractivity contribution in [3.63, 3.8) is 0 Å². The summed E-state index contributed by atoms with van der Waals surface area (Å²) >= 11 is 0. The van der Waals surface area contributed by atoms with Crippen LogP contribution in [0.3, 0.4) is 0 Å². The maximum atomic E-state index is 11.2. The second-order valence-corrected chi connectivity index (χ2v) is 4.71. The molecule has 1 aromatic heterocycles. The van der Waals surface area contributed by atoms with E-state index in [9.17, 15) is 9.90 Å². The third-order valence-corrected chi connectivity index (χ3v) is 3.47. The minimum atomic E-state index is -0.964. The number of para-hydroxylation sites is 1. The van der Waals surface area contributed by atoms with E-state index < -0.39 is 5.97 Å². The molecule has 0 bridgehead atoms. The largest absolute Gasteiger partial charge is 0.478 e. The number of hydrogen-bond acceptors (Lipinski definition) is 4. The Bertz CT molecular complexity index is 604. The molecule has 1 N–H and O–H groups in total. The summed E-state index contributed by atoms with van der Waals surface area (Å²) in [6.07, 6.45) is 3.85. The van der Waals surface area contributed by atoms with Crippen LogP contribution < -0.4 is 0 Å². The molecule has 3 rings (SSSR count). The van der Waals surface area contributed by atoms with E-state index in [1.165, 1.54) is 6.42 Å². The van der Waals surface area contributed by atoms with Gasteiger partial charge in [-0.05, 0) is 31.4 Å². The molecule has 1 saturated carbocycles. The average molecular weight is 261 g/mol. The minimum Gasteiger partial charge on any atom is -0.478 e. The summed E-state index contributed by atoms with van der Waals surface area (Å²) in [6, 6.07) is 5.01. The van der Waals surface area contributed by atoms with Gasteiger partial charge < -0.3 is 9.84 Å². The van der Waals surface area contributed by atoms with Gasteiger partial charge in [0.15, 0.2) is 0 Å². The smallest absolute Gasteiger partial charge is 0.337 e. The van der Waals surface area contributed by atoms with Gasteiger partial charge in [0.05, 0.1) is 24.8 Å². The molecule has 6 nitrogen and oxygen atoms in total. The van der Waals surface area contributed by atoms with E-state index >= 15 is 0 Å². The van der Waals surface area contributed by atoms with Crippen molar-refractivity contribution in [1.29, 1.82) is 0 Å². The summed E-state index contributed by atoms with van der Waals surface area (Å²) in [5, 5.41) is 17.2. The van der Waals surface area contributed by atoms with Gasteiger partial charge in [0.2, 0.25) is 0 Å². The van der Waals surface area contributed by atoms with E-state index in [0.717, 1.165) is 12.8 Å². The molecule has 1 fully saturated rings. The Labute approximate surface area is 110 Å². The molecular weight excluding hydrogens is 246 g/mol. The van der Waals surface area contributed by atoms with Crippen LogP contribution in [0, 0.1) is 0 Å². The Balaban J connectivity index is 1.80. The Morgan fingerprint density at radius 3 is 3.00 bits per heavy atom. The first kappa shape index (κ1) is 12.1. The predicted molar refractivity (Wildman–Crippen MR) is 68.1 cm³/mol. The number of aromatic nitrogens is 3. The lowest BCUT2D eigenvalue weighted by Gasteiger charge is -2.25. The first-order valence-corrected chi connectivity index (χ1v) is 6.43. The van der Waals surface area contributed by atoms with Crippen molar-refractivity contribution in [1.82, 2.24) is 15.0 Å². The van der Waals surface area contributed by atoms with Crippen LogP contribution in [0.5, 0.6) is 0 Å². The number of nitrogens with zero attached hydrogens (tertiary/aromatic N) is 3. The quantitative estimate of drug-likeness (QED) is 0.886. The third-order valence-electron chi connectivity index (χ3n) is 3.47. The van der Waals surface area contributed by atoms with Gasteiger partial charge in [-0.3, -0.25) is 0 Å².